The highest BCUT2D eigenvalue weighted by Crippen LogP contribution is 2.38. The van der Waals surface area contributed by atoms with Gasteiger partial charge in [0.1, 0.15) is 18.5 Å². The number of benzene rings is 3. The van der Waals surface area contributed by atoms with Gasteiger partial charge in [-0.1, -0.05) is 41.9 Å². The second-order valence-corrected chi connectivity index (χ2v) is 8.18. The molecule has 0 amide bonds. The Kier molecular flexibility index (Phi) is 6.79. The summed E-state index contributed by atoms with van der Waals surface area (Å²) in [6, 6.07) is 21.2. The van der Waals surface area contributed by atoms with Gasteiger partial charge >= 0.3 is 0 Å². The van der Waals surface area contributed by atoms with Crippen molar-refractivity contribution in [2.45, 2.75) is 13.5 Å². The van der Waals surface area contributed by atoms with E-state index in [2.05, 4.69) is 32.0 Å². The maximum Gasteiger partial charge on any atom is 0.175 e. The number of para-hydroxylation sites is 2. The number of allylic oxidation sites excluding steroid dienone is 1. The summed E-state index contributed by atoms with van der Waals surface area (Å²) in [5, 5.41) is 10.4. The third-order valence-electron chi connectivity index (χ3n) is 4.74. The first kappa shape index (κ1) is 21.9. The molecule has 0 aliphatic heterocycles. The maximum atomic E-state index is 9.74. The standard InChI is InChI=1S/C25H19BrClN3O2/c1-2-31-23-13-16(11-18(14-28)25-29-21-9-5-6-10-22(21)30-25)12-19(26)24(23)32-15-17-7-3-4-8-20(17)27/h3-13H,2,15H2,1H3,(H,29,30)/b18-11+. The summed E-state index contributed by atoms with van der Waals surface area (Å²) in [4.78, 5) is 7.72. The lowest BCUT2D eigenvalue weighted by Gasteiger charge is -2.15. The Balaban J connectivity index is 1.67. The van der Waals surface area contributed by atoms with Crippen molar-refractivity contribution in [3.8, 4) is 17.6 Å². The van der Waals surface area contributed by atoms with Gasteiger partial charge in [-0.15, -0.1) is 0 Å². The van der Waals surface area contributed by atoms with Crippen molar-refractivity contribution in [1.82, 2.24) is 9.97 Å². The second kappa shape index (κ2) is 9.90. The van der Waals surface area contributed by atoms with E-state index < -0.39 is 0 Å². The van der Waals surface area contributed by atoms with Gasteiger partial charge in [0.2, 0.25) is 0 Å². The van der Waals surface area contributed by atoms with Gasteiger partial charge in [-0.25, -0.2) is 4.98 Å². The van der Waals surface area contributed by atoms with Crippen molar-refractivity contribution >= 4 is 50.2 Å². The zero-order valence-electron chi connectivity index (χ0n) is 17.2. The molecule has 160 valence electrons. The fraction of sp³-hybridized carbons (Fsp3) is 0.120. The molecule has 32 heavy (non-hydrogen) atoms. The van der Waals surface area contributed by atoms with Gasteiger partial charge in [0, 0.05) is 10.6 Å². The Bertz CT molecular complexity index is 1310. The number of hydrogen-bond acceptors (Lipinski definition) is 4. The predicted molar refractivity (Wildman–Crippen MR) is 131 cm³/mol. The molecule has 0 bridgehead atoms. The highest BCUT2D eigenvalue weighted by atomic mass is 79.9. The van der Waals surface area contributed by atoms with E-state index in [-0.39, 0.29) is 0 Å². The van der Waals surface area contributed by atoms with Crippen LogP contribution in [0.4, 0.5) is 0 Å². The summed E-state index contributed by atoms with van der Waals surface area (Å²) >= 11 is 9.83. The first-order chi connectivity index (χ1) is 15.6. The second-order valence-electron chi connectivity index (χ2n) is 6.92. The van der Waals surface area contributed by atoms with E-state index >= 15 is 0 Å². The molecule has 0 atom stereocenters. The molecule has 7 heteroatoms. The molecule has 0 radical (unpaired) electrons. The molecule has 4 aromatic rings. The fourth-order valence-corrected chi connectivity index (χ4v) is 4.00. The number of nitrogens with zero attached hydrogens (tertiary/aromatic N) is 2. The molecule has 5 nitrogen and oxygen atoms in total. The summed E-state index contributed by atoms with van der Waals surface area (Å²) in [6.07, 6.45) is 1.77. The smallest absolute Gasteiger partial charge is 0.175 e. The molecule has 4 rings (SSSR count). The van der Waals surface area contributed by atoms with Crippen LogP contribution in [0, 0.1) is 11.3 Å². The van der Waals surface area contributed by atoms with Crippen LogP contribution in [0.1, 0.15) is 23.9 Å². The van der Waals surface area contributed by atoms with E-state index in [1.165, 1.54) is 0 Å². The quantitative estimate of drug-likeness (QED) is 0.272. The number of imidazole rings is 1. The minimum atomic E-state index is 0.302. The van der Waals surface area contributed by atoms with Crippen molar-refractivity contribution < 1.29 is 9.47 Å². The highest BCUT2D eigenvalue weighted by molar-refractivity contribution is 9.10. The molecule has 0 saturated carbocycles. The van der Waals surface area contributed by atoms with Crippen LogP contribution in [-0.2, 0) is 6.61 Å². The lowest BCUT2D eigenvalue weighted by molar-refractivity contribution is 0.267. The first-order valence-electron chi connectivity index (χ1n) is 9.98. The van der Waals surface area contributed by atoms with Crippen LogP contribution in [0.2, 0.25) is 5.02 Å². The lowest BCUT2D eigenvalue weighted by atomic mass is 10.1. The number of aromatic amines is 1. The van der Waals surface area contributed by atoms with E-state index in [0.717, 1.165) is 22.2 Å². The predicted octanol–water partition coefficient (Wildman–Crippen LogP) is 7.02. The van der Waals surface area contributed by atoms with Crippen molar-refractivity contribution in [1.29, 1.82) is 5.26 Å². The van der Waals surface area contributed by atoms with Gasteiger partial charge in [0.15, 0.2) is 11.5 Å². The van der Waals surface area contributed by atoms with E-state index in [0.29, 0.717) is 45.6 Å². The summed E-state index contributed by atoms with van der Waals surface area (Å²) in [5.74, 6) is 1.66. The Morgan fingerprint density at radius 2 is 1.94 bits per heavy atom. The third-order valence-corrected chi connectivity index (χ3v) is 5.70. The Morgan fingerprint density at radius 1 is 1.16 bits per heavy atom. The number of nitriles is 1. The lowest BCUT2D eigenvalue weighted by Crippen LogP contribution is -2.01. The molecule has 0 fully saturated rings. The molecule has 0 unspecified atom stereocenters. The first-order valence-corrected chi connectivity index (χ1v) is 11.2. The summed E-state index contributed by atoms with van der Waals surface area (Å²) in [5.41, 5.74) is 3.76. The Morgan fingerprint density at radius 3 is 2.69 bits per heavy atom. The number of rotatable bonds is 7. The minimum absolute atomic E-state index is 0.302. The van der Waals surface area contributed by atoms with Crippen LogP contribution in [0.15, 0.2) is 65.1 Å². The summed E-state index contributed by atoms with van der Waals surface area (Å²) in [6.45, 7) is 2.68. The minimum Gasteiger partial charge on any atom is -0.490 e. The van der Waals surface area contributed by atoms with Gasteiger partial charge in [0.25, 0.3) is 0 Å². The highest BCUT2D eigenvalue weighted by Gasteiger charge is 2.14. The molecule has 1 N–H and O–H groups in total. The number of fused-ring (bicyclic) bond motifs is 1. The van der Waals surface area contributed by atoms with Crippen molar-refractivity contribution in [2.75, 3.05) is 6.61 Å². The number of aromatic nitrogens is 2. The summed E-state index contributed by atoms with van der Waals surface area (Å²) < 4.78 is 12.6. The number of halogens is 2. The average molecular weight is 509 g/mol. The maximum absolute atomic E-state index is 9.74. The molecule has 3 aromatic carbocycles. The normalized spacial score (nSPS) is 11.4. The van der Waals surface area contributed by atoms with E-state index in [1.54, 1.807) is 6.08 Å². The third kappa shape index (κ3) is 4.80. The number of nitrogens with one attached hydrogen (secondary N) is 1. The zero-order chi connectivity index (χ0) is 22.5. The molecule has 0 aliphatic carbocycles. The Hall–Kier alpha value is -3.27. The van der Waals surface area contributed by atoms with Crippen molar-refractivity contribution in [3.05, 3.63) is 87.1 Å². The van der Waals surface area contributed by atoms with Crippen LogP contribution in [0.3, 0.4) is 0 Å². The van der Waals surface area contributed by atoms with Gasteiger partial charge < -0.3 is 14.5 Å². The van der Waals surface area contributed by atoms with Gasteiger partial charge in [-0.3, -0.25) is 0 Å². The fourth-order valence-electron chi connectivity index (χ4n) is 3.24. The van der Waals surface area contributed by atoms with Crippen LogP contribution < -0.4 is 9.47 Å². The topological polar surface area (TPSA) is 70.9 Å². The largest absolute Gasteiger partial charge is 0.490 e. The number of H-pyrrole nitrogens is 1. The number of hydrogen-bond donors (Lipinski definition) is 1. The van der Waals surface area contributed by atoms with E-state index in [4.69, 9.17) is 21.1 Å². The monoisotopic (exact) mass is 507 g/mol. The number of ether oxygens (including phenoxy) is 2. The molecule has 1 aromatic heterocycles. The molecule has 0 saturated heterocycles. The molecule has 0 aliphatic rings. The average Bonchev–Trinajstić information content (AvgIpc) is 3.22. The van der Waals surface area contributed by atoms with Crippen LogP contribution >= 0.6 is 27.5 Å². The van der Waals surface area contributed by atoms with Gasteiger partial charge in [-0.05, 0) is 64.8 Å². The van der Waals surface area contributed by atoms with Gasteiger partial charge in [0.05, 0.1) is 27.7 Å². The molecule has 1 heterocycles. The van der Waals surface area contributed by atoms with Crippen LogP contribution in [-0.4, -0.2) is 16.6 Å². The Labute approximate surface area is 199 Å². The van der Waals surface area contributed by atoms with E-state index in [1.807, 2.05) is 67.6 Å². The van der Waals surface area contributed by atoms with Crippen LogP contribution in [0.25, 0.3) is 22.7 Å². The van der Waals surface area contributed by atoms with Crippen molar-refractivity contribution in [2.24, 2.45) is 0 Å². The molecule has 0 spiro atoms. The van der Waals surface area contributed by atoms with Crippen molar-refractivity contribution in [3.63, 3.8) is 0 Å². The SMILES string of the molecule is CCOc1cc(/C=C(\C#N)c2nc3ccccc3[nH]2)cc(Br)c1OCc1ccccc1Cl. The van der Waals surface area contributed by atoms with Crippen LogP contribution in [0.5, 0.6) is 11.5 Å². The summed E-state index contributed by atoms with van der Waals surface area (Å²) in [7, 11) is 0. The van der Waals surface area contributed by atoms with E-state index in [9.17, 15) is 5.26 Å². The van der Waals surface area contributed by atoms with Gasteiger partial charge in [-0.2, -0.15) is 5.26 Å². The zero-order valence-corrected chi connectivity index (χ0v) is 19.6. The molecular formula is C25H19BrClN3O2. The molecular weight excluding hydrogens is 490 g/mol.